The van der Waals surface area contributed by atoms with Gasteiger partial charge >= 0.3 is 0 Å². The minimum Gasteiger partial charge on any atom is -0.550 e. The maximum atomic E-state index is 13.1. The summed E-state index contributed by atoms with van der Waals surface area (Å²) in [5, 5.41) is 60.7. The van der Waals surface area contributed by atoms with Crippen LogP contribution in [-0.4, -0.2) is 143 Å². The molecule has 0 saturated heterocycles. The van der Waals surface area contributed by atoms with Crippen LogP contribution in [0.1, 0.15) is 294 Å². The quantitative estimate of drug-likeness (QED) is 0.0205. The third kappa shape index (κ3) is 49.5. The summed E-state index contributed by atoms with van der Waals surface area (Å²) in [7, 11) is 0. The summed E-state index contributed by atoms with van der Waals surface area (Å²) in [6, 6.07) is 11.6. The third-order valence-electron chi connectivity index (χ3n) is 18.5. The zero-order valence-electron chi connectivity index (χ0n) is 66.2. The highest BCUT2D eigenvalue weighted by atomic mass is 16.4. The molecule has 0 aliphatic heterocycles. The number of carboxylic acid groups (broad SMARTS) is 4. The van der Waals surface area contributed by atoms with Gasteiger partial charge in [0.05, 0.1) is 37.1 Å². The van der Waals surface area contributed by atoms with Gasteiger partial charge in [-0.05, 0) is 121 Å². The van der Waals surface area contributed by atoms with Crippen LogP contribution < -0.4 is 63.8 Å². The van der Waals surface area contributed by atoms with Crippen molar-refractivity contribution in [3.63, 3.8) is 0 Å². The van der Waals surface area contributed by atoms with Crippen LogP contribution in [0.25, 0.3) is 21.8 Å². The van der Waals surface area contributed by atoms with Crippen LogP contribution in [0.2, 0.25) is 0 Å². The number of unbranched alkanes of at least 4 members (excludes halogenated alkanes) is 13. The first-order valence-corrected chi connectivity index (χ1v) is 40.0. The predicted octanol–water partition coefficient (Wildman–Crippen LogP) is 6.73. The number of nitrogens with two attached hydrogens (primary N) is 1. The van der Waals surface area contributed by atoms with E-state index < -0.39 is 83.5 Å². The second-order valence-corrected chi connectivity index (χ2v) is 28.5. The van der Waals surface area contributed by atoms with Crippen molar-refractivity contribution in [3.8, 4) is 0 Å². The number of para-hydroxylation sites is 2. The number of benzene rings is 2. The number of nitrogens with one attached hydrogen (secondary N) is 7. The summed E-state index contributed by atoms with van der Waals surface area (Å²) in [5.41, 5.74) is 11.2. The van der Waals surface area contributed by atoms with E-state index in [0.717, 1.165) is 110 Å². The van der Waals surface area contributed by atoms with Crippen molar-refractivity contribution < 1.29 is 115 Å². The van der Waals surface area contributed by atoms with Crippen molar-refractivity contribution >= 4 is 98.4 Å². The molecule has 0 bridgehead atoms. The Kier molecular flexibility index (Phi) is 58.0. The average Bonchev–Trinajstić information content (AvgIpc) is 1.69. The van der Waals surface area contributed by atoms with Crippen molar-refractivity contribution in [2.75, 3.05) is 32.7 Å². The van der Waals surface area contributed by atoms with Crippen LogP contribution in [0.4, 0.5) is 0 Å². The lowest BCUT2D eigenvalue weighted by Crippen LogP contribution is -2.84. The number of aromatic amines is 2. The van der Waals surface area contributed by atoms with Gasteiger partial charge in [0, 0.05) is 158 Å². The molecule has 0 spiro atoms. The van der Waals surface area contributed by atoms with E-state index in [1.807, 2.05) is 61.7 Å². The van der Waals surface area contributed by atoms with E-state index in [2.05, 4.69) is 74.1 Å². The first-order valence-electron chi connectivity index (χ1n) is 40.0. The molecule has 2 aromatic carbocycles. The molecule has 0 fully saturated rings. The number of hydrogen-bond acceptors (Lipinski definition) is 17. The van der Waals surface area contributed by atoms with Gasteiger partial charge in [-0.15, -0.1) is 0 Å². The van der Waals surface area contributed by atoms with Gasteiger partial charge in [0.25, 0.3) is 0 Å². The molecule has 0 aliphatic carbocycles. The fourth-order valence-corrected chi connectivity index (χ4v) is 12.1. The molecule has 4 aromatic rings. The van der Waals surface area contributed by atoms with Crippen molar-refractivity contribution in [2.24, 2.45) is 11.8 Å². The van der Waals surface area contributed by atoms with E-state index in [4.69, 9.17) is 0 Å². The van der Waals surface area contributed by atoms with Gasteiger partial charge in [-0.25, -0.2) is 0 Å². The largest absolute Gasteiger partial charge is 0.550 e. The van der Waals surface area contributed by atoms with Crippen LogP contribution >= 0.6 is 0 Å². The Morgan fingerprint density at radius 2 is 0.873 bits per heavy atom. The number of quaternary nitrogens is 3. The second kappa shape index (κ2) is 63.0. The molecule has 27 heteroatoms. The average molecular weight is 1570 g/mol. The molecule has 15 N–H and O–H groups in total. The van der Waals surface area contributed by atoms with Gasteiger partial charge in [0.15, 0.2) is 11.6 Å². The summed E-state index contributed by atoms with van der Waals surface area (Å²) in [6.45, 7) is 14.8. The molecule has 0 saturated carbocycles. The zero-order valence-corrected chi connectivity index (χ0v) is 66.2. The van der Waals surface area contributed by atoms with Crippen LogP contribution in [0.5, 0.6) is 0 Å². The lowest BCUT2D eigenvalue weighted by atomic mass is 9.90. The fourth-order valence-electron chi connectivity index (χ4n) is 12.1. The number of Topliss-reactive ketones (excluding diaryl/α,β-unsaturated/α-hetero) is 4. The molecular formula is C83H157N10O17-. The Labute approximate surface area is 668 Å². The number of rotatable bonds is 59. The van der Waals surface area contributed by atoms with Gasteiger partial charge in [0.2, 0.25) is 29.5 Å². The molecule has 27 nitrogen and oxygen atoms in total. The number of hydrogen-bond donors (Lipinski definition) is 10. The number of ketones is 4. The maximum Gasteiger partial charge on any atom is 0.223 e. The Morgan fingerprint density at radius 1 is 0.455 bits per heavy atom. The first-order chi connectivity index (χ1) is 52.2. The van der Waals surface area contributed by atoms with Crippen LogP contribution in [0.3, 0.4) is 0 Å². The van der Waals surface area contributed by atoms with E-state index in [9.17, 15) is 82.8 Å². The third-order valence-corrected chi connectivity index (χ3v) is 18.5. The number of fused-ring (bicyclic) bond motifs is 2. The molecule has 642 valence electrons. The summed E-state index contributed by atoms with van der Waals surface area (Å²) in [6.07, 6.45) is 29.2. The van der Waals surface area contributed by atoms with Gasteiger partial charge in [-0.3, -0.25) is 38.4 Å². The summed E-state index contributed by atoms with van der Waals surface area (Å²) >= 11 is 0. The number of aliphatic carboxylic acids is 4. The lowest BCUT2D eigenvalue weighted by Gasteiger charge is -2.21. The SMILES string of the molecule is C.CCCCCCCCCC(=O)CCC[NH2+]CCC.CCCNC(=O)CCCCCCCCCCC(C)=O.CCC[C@H]([NH3+])C(=O)C[C@H](Cc1c[nH]c2ccccc12)C(=O)NCC[C@@H](NC(=O)CCCC(=O)[O-])C(=O)[O-].C[C@H]([NH3+])C(=O)C[C@H](Cc1c[nH]c2ccccc12)C(=O)NCC[C@@H](NC(=O)CCCC(=O)[O-])C(=O)[O-].[2HH].[HH].[HH].[HH].[HH].[HH].[HH].[HH].[HH].[HH].[HH]. The first kappa shape index (κ1) is 101. The molecule has 0 aliphatic rings. The number of carbonyl (C=O) groups excluding carboxylic acids is 13. The van der Waals surface area contributed by atoms with E-state index in [-0.39, 0.29) is 118 Å². The number of aromatic nitrogens is 2. The molecule has 0 radical (unpaired) electrons. The Bertz CT molecular complexity index is 3380. The van der Waals surface area contributed by atoms with Gasteiger partial charge in [-0.2, -0.15) is 0 Å². The van der Waals surface area contributed by atoms with Crippen molar-refractivity contribution in [1.82, 2.24) is 36.6 Å². The number of carboxylic acids is 4. The minimum atomic E-state index is -1.52. The van der Waals surface area contributed by atoms with Crippen molar-refractivity contribution in [1.29, 1.82) is 0 Å². The minimum absolute atomic E-state index is 0. The standard InChI is InChI=1S/C26H36N4O7.C24H32N4O7.C16H31NO2.C16H33NO.CH4.11H2/c1-2-6-19(27)22(31)14-16(13-17-15-29-20-8-4-3-7-18(17)20)25(35)28-12-11-21(26(36)37)30-23(32)9-5-10-24(33)34;1-14(25)20(29)12-15(11-16-13-27-18-6-3-2-5-17(16)18)23(33)26-10-9-19(24(34)35)28-21(30)7-4-8-22(31)32;1-3-14-17-16(19)13-11-9-7-5-4-6-8-10-12-15(2)18;1-3-5-6-7-8-9-10-12-16(18)13-11-15-17-14-4-2;;;;;;;;;;;;/h3-4,7-8,15-16,19,21,29H,2,5-6,9-14,27H2,1H3,(H,28,35)(H,30,32)(H,33,34)(H,36,37);2-3,5-6,13-15,19,27H,4,7-12,25H2,1H3,(H,26,33)(H,28,30)(H,31,32)(H,34,35);3-14H2,1-2H3,(H,17,19);17H,3-15H2,1-2H3;1H4;11*1H/p-1/t16-,19-,21+;14-,15-,19+;;;;;;;;;;;;;;/m00............../s1/i;;;;;1+1;;;;;;;;;;. The molecule has 0 unspecified atom stereocenters. The molecule has 2 heterocycles. The van der Waals surface area contributed by atoms with Crippen LogP contribution in [0.15, 0.2) is 60.9 Å². The van der Waals surface area contributed by atoms with E-state index >= 15 is 0 Å². The topological polar surface area (TPSA) is 478 Å². The smallest absolute Gasteiger partial charge is 0.223 e. The van der Waals surface area contributed by atoms with E-state index in [0.29, 0.717) is 37.2 Å². The molecular weight excluding hydrogens is 1410 g/mol. The fraction of sp³-hybridized carbons (Fsp3) is 0.651. The second-order valence-electron chi connectivity index (χ2n) is 28.5. The van der Waals surface area contributed by atoms with Gasteiger partial charge < -0.3 is 97.7 Å². The number of amides is 5. The zero-order chi connectivity index (χ0) is 81.2. The van der Waals surface area contributed by atoms with Crippen LogP contribution in [0, 0.1) is 11.8 Å². The highest BCUT2D eigenvalue weighted by molar-refractivity contribution is 5.92. The molecule has 5 amide bonds. The Hall–Kier alpha value is -8.69. The van der Waals surface area contributed by atoms with Crippen molar-refractivity contribution in [3.05, 3.63) is 72.1 Å². The predicted molar refractivity (Wildman–Crippen MR) is 440 cm³/mol. The summed E-state index contributed by atoms with van der Waals surface area (Å²) < 4.78 is 0. The molecule has 110 heavy (non-hydrogen) atoms. The lowest BCUT2D eigenvalue weighted by molar-refractivity contribution is -0.654. The normalized spacial score (nSPS) is 12.4. The van der Waals surface area contributed by atoms with E-state index in [1.165, 1.54) is 83.6 Å². The Morgan fingerprint density at radius 3 is 1.29 bits per heavy atom. The van der Waals surface area contributed by atoms with E-state index in [1.54, 1.807) is 20.0 Å². The highest BCUT2D eigenvalue weighted by Crippen LogP contribution is 2.25. The number of H-pyrrole nitrogens is 2. The number of carbonyl (C=O) groups is 13. The summed E-state index contributed by atoms with van der Waals surface area (Å²) in [5.74, 6) is -8.40. The van der Waals surface area contributed by atoms with Crippen LogP contribution in [-0.2, 0) is 75.2 Å². The molecule has 6 atom stereocenters. The maximum absolute atomic E-state index is 13.1. The van der Waals surface area contributed by atoms with Crippen molar-refractivity contribution in [2.45, 2.75) is 304 Å². The monoisotopic (exact) mass is 1570 g/mol. The highest BCUT2D eigenvalue weighted by Gasteiger charge is 2.29. The molecule has 4 rings (SSSR count). The van der Waals surface area contributed by atoms with Gasteiger partial charge in [-0.1, -0.05) is 155 Å². The van der Waals surface area contributed by atoms with Gasteiger partial charge in [0.1, 0.15) is 23.7 Å². The summed E-state index contributed by atoms with van der Waals surface area (Å²) in [4.78, 5) is 159. The Balaban J connectivity index is -0.000000132. The molecule has 2 aromatic heterocycles.